The van der Waals surface area contributed by atoms with Gasteiger partial charge in [0.05, 0.1) is 5.75 Å². The molecule has 0 amide bonds. The van der Waals surface area contributed by atoms with Crippen molar-refractivity contribution < 1.29 is 8.42 Å². The third kappa shape index (κ3) is 4.58. The number of hydrogen-bond acceptors (Lipinski definition) is 3. The summed E-state index contributed by atoms with van der Waals surface area (Å²) in [6.07, 6.45) is 4.27. The van der Waals surface area contributed by atoms with E-state index in [9.17, 15) is 8.42 Å². The maximum Gasteiger partial charge on any atom is 0.211 e. The Bertz CT molecular complexity index is 528. The van der Waals surface area contributed by atoms with E-state index in [1.165, 1.54) is 11.1 Å². The van der Waals surface area contributed by atoms with Crippen LogP contribution >= 0.6 is 0 Å². The van der Waals surface area contributed by atoms with Crippen LogP contribution in [0.15, 0.2) is 24.3 Å². The molecule has 0 fully saturated rings. The molecule has 0 aliphatic heterocycles. The van der Waals surface area contributed by atoms with Crippen molar-refractivity contribution in [2.45, 2.75) is 38.1 Å². The molecule has 1 aliphatic carbocycles. The van der Waals surface area contributed by atoms with E-state index in [0.717, 1.165) is 32.2 Å². The van der Waals surface area contributed by atoms with Crippen LogP contribution in [0.3, 0.4) is 0 Å². The van der Waals surface area contributed by atoms with Gasteiger partial charge in [-0.15, -0.1) is 0 Å². The van der Waals surface area contributed by atoms with E-state index >= 15 is 0 Å². The van der Waals surface area contributed by atoms with Gasteiger partial charge in [0.1, 0.15) is 0 Å². The first-order chi connectivity index (χ1) is 9.61. The lowest BCUT2D eigenvalue weighted by Crippen LogP contribution is -2.40. The molecule has 5 heteroatoms. The van der Waals surface area contributed by atoms with Gasteiger partial charge >= 0.3 is 0 Å². The van der Waals surface area contributed by atoms with Crippen LogP contribution in [-0.2, 0) is 22.9 Å². The van der Waals surface area contributed by atoms with Gasteiger partial charge in [-0.05, 0) is 56.8 Å². The van der Waals surface area contributed by atoms with Crippen molar-refractivity contribution in [3.63, 3.8) is 0 Å². The molecule has 2 rings (SSSR count). The molecule has 0 radical (unpaired) electrons. The number of unbranched alkanes of at least 4 members (excludes halogenated alkanes) is 1. The highest BCUT2D eigenvalue weighted by atomic mass is 32.2. The second kappa shape index (κ2) is 7.20. The molecule has 0 spiro atoms. The Hall–Kier alpha value is -0.910. The molecule has 112 valence electrons. The summed E-state index contributed by atoms with van der Waals surface area (Å²) >= 11 is 0. The molecule has 0 saturated heterocycles. The van der Waals surface area contributed by atoms with Crippen molar-refractivity contribution in [1.82, 2.24) is 10.0 Å². The number of rotatable bonds is 7. The fourth-order valence-electron chi connectivity index (χ4n) is 2.71. The SMILES string of the molecule is CNCCCCS(=O)(=O)NC1CCc2ccccc2C1. The van der Waals surface area contributed by atoms with E-state index in [1.54, 1.807) is 0 Å². The van der Waals surface area contributed by atoms with Gasteiger partial charge in [-0.2, -0.15) is 0 Å². The Morgan fingerprint density at radius 3 is 2.70 bits per heavy atom. The number of aryl methyl sites for hydroxylation is 1. The Balaban J connectivity index is 1.85. The lowest BCUT2D eigenvalue weighted by molar-refractivity contribution is 0.506. The smallest absolute Gasteiger partial charge is 0.211 e. The van der Waals surface area contributed by atoms with Gasteiger partial charge in [-0.3, -0.25) is 0 Å². The van der Waals surface area contributed by atoms with Gasteiger partial charge in [0.15, 0.2) is 0 Å². The van der Waals surface area contributed by atoms with Crippen molar-refractivity contribution in [3.8, 4) is 0 Å². The monoisotopic (exact) mass is 296 g/mol. The van der Waals surface area contributed by atoms with Crippen LogP contribution in [0.25, 0.3) is 0 Å². The molecule has 0 saturated carbocycles. The summed E-state index contributed by atoms with van der Waals surface area (Å²) in [5, 5.41) is 3.03. The number of sulfonamides is 1. The van der Waals surface area contributed by atoms with E-state index in [1.807, 2.05) is 19.2 Å². The first-order valence-corrected chi connectivity index (χ1v) is 8.97. The van der Waals surface area contributed by atoms with Crippen LogP contribution in [0.4, 0.5) is 0 Å². The third-order valence-electron chi connectivity index (χ3n) is 3.78. The molecular weight excluding hydrogens is 272 g/mol. The van der Waals surface area contributed by atoms with Crippen LogP contribution in [0.5, 0.6) is 0 Å². The molecular formula is C15H24N2O2S. The summed E-state index contributed by atoms with van der Waals surface area (Å²) in [6.45, 7) is 0.867. The lowest BCUT2D eigenvalue weighted by atomic mass is 9.89. The summed E-state index contributed by atoms with van der Waals surface area (Å²) in [6, 6.07) is 8.36. The Morgan fingerprint density at radius 1 is 1.20 bits per heavy atom. The maximum absolute atomic E-state index is 12.0. The van der Waals surface area contributed by atoms with Crippen LogP contribution in [0, 0.1) is 0 Å². The van der Waals surface area contributed by atoms with Crippen LogP contribution in [0.2, 0.25) is 0 Å². The average Bonchev–Trinajstić information content (AvgIpc) is 2.43. The van der Waals surface area contributed by atoms with Crippen molar-refractivity contribution >= 4 is 10.0 Å². The molecule has 0 heterocycles. The fourth-order valence-corrected chi connectivity index (χ4v) is 4.12. The molecule has 4 nitrogen and oxygen atoms in total. The maximum atomic E-state index is 12.0. The zero-order valence-corrected chi connectivity index (χ0v) is 12.9. The van der Waals surface area contributed by atoms with Crippen LogP contribution in [0.1, 0.15) is 30.4 Å². The largest absolute Gasteiger partial charge is 0.320 e. The fraction of sp³-hybridized carbons (Fsp3) is 0.600. The van der Waals surface area contributed by atoms with E-state index in [0.29, 0.717) is 6.42 Å². The summed E-state index contributed by atoms with van der Waals surface area (Å²) in [5.74, 6) is 0.229. The highest BCUT2D eigenvalue weighted by molar-refractivity contribution is 7.89. The zero-order valence-electron chi connectivity index (χ0n) is 12.1. The predicted octanol–water partition coefficient (Wildman–Crippen LogP) is 1.46. The van der Waals surface area contributed by atoms with Crippen molar-refractivity contribution in [3.05, 3.63) is 35.4 Å². The van der Waals surface area contributed by atoms with Gasteiger partial charge < -0.3 is 5.32 Å². The van der Waals surface area contributed by atoms with Gasteiger partial charge in [0, 0.05) is 6.04 Å². The molecule has 0 aromatic heterocycles. The van der Waals surface area contributed by atoms with E-state index in [2.05, 4.69) is 22.2 Å². The minimum absolute atomic E-state index is 0.0548. The quantitative estimate of drug-likeness (QED) is 0.749. The van der Waals surface area contributed by atoms with E-state index < -0.39 is 10.0 Å². The molecule has 2 N–H and O–H groups in total. The van der Waals surface area contributed by atoms with Gasteiger partial charge in [0.25, 0.3) is 0 Å². The van der Waals surface area contributed by atoms with Crippen LogP contribution < -0.4 is 10.0 Å². The van der Waals surface area contributed by atoms with Crippen molar-refractivity contribution in [2.75, 3.05) is 19.3 Å². The second-order valence-corrected chi connectivity index (χ2v) is 7.33. The normalized spacial score (nSPS) is 18.8. The standard InChI is InChI=1S/C15H24N2O2S/c1-16-10-4-5-11-20(18,19)17-15-9-8-13-6-2-3-7-14(13)12-15/h2-3,6-7,15-17H,4-5,8-12H2,1H3. The topological polar surface area (TPSA) is 58.2 Å². The Morgan fingerprint density at radius 2 is 1.95 bits per heavy atom. The zero-order chi connectivity index (χ0) is 14.4. The third-order valence-corrected chi connectivity index (χ3v) is 5.30. The van der Waals surface area contributed by atoms with Crippen molar-refractivity contribution in [2.24, 2.45) is 0 Å². The molecule has 0 bridgehead atoms. The molecule has 1 aromatic carbocycles. The highest BCUT2D eigenvalue weighted by Crippen LogP contribution is 2.21. The Kier molecular flexibility index (Phi) is 5.57. The first-order valence-electron chi connectivity index (χ1n) is 7.32. The van der Waals surface area contributed by atoms with Gasteiger partial charge in [-0.1, -0.05) is 24.3 Å². The number of benzene rings is 1. The van der Waals surface area contributed by atoms with E-state index in [4.69, 9.17) is 0 Å². The number of nitrogens with one attached hydrogen (secondary N) is 2. The lowest BCUT2D eigenvalue weighted by Gasteiger charge is -2.25. The van der Waals surface area contributed by atoms with Gasteiger partial charge in [0.2, 0.25) is 10.0 Å². The second-order valence-electron chi connectivity index (χ2n) is 5.46. The minimum Gasteiger partial charge on any atom is -0.320 e. The first kappa shape index (κ1) is 15.5. The molecule has 1 aliphatic rings. The number of fused-ring (bicyclic) bond motifs is 1. The minimum atomic E-state index is -3.14. The molecule has 1 aromatic rings. The summed E-state index contributed by atoms with van der Waals surface area (Å²) < 4.78 is 26.9. The predicted molar refractivity (Wildman–Crippen MR) is 82.3 cm³/mol. The molecule has 20 heavy (non-hydrogen) atoms. The number of hydrogen-bond donors (Lipinski definition) is 2. The van der Waals surface area contributed by atoms with Crippen molar-refractivity contribution in [1.29, 1.82) is 0 Å². The van der Waals surface area contributed by atoms with E-state index in [-0.39, 0.29) is 11.8 Å². The highest BCUT2D eigenvalue weighted by Gasteiger charge is 2.22. The summed E-state index contributed by atoms with van der Waals surface area (Å²) in [4.78, 5) is 0. The average molecular weight is 296 g/mol. The summed E-state index contributed by atoms with van der Waals surface area (Å²) in [7, 11) is -1.26. The molecule has 1 atom stereocenters. The summed E-state index contributed by atoms with van der Waals surface area (Å²) in [5.41, 5.74) is 2.64. The molecule has 1 unspecified atom stereocenters. The van der Waals surface area contributed by atoms with Crippen LogP contribution in [-0.4, -0.2) is 33.8 Å². The van der Waals surface area contributed by atoms with Gasteiger partial charge in [-0.25, -0.2) is 13.1 Å². The Labute approximate surface area is 122 Å².